The van der Waals surface area contributed by atoms with Gasteiger partial charge in [0.25, 0.3) is 0 Å². The van der Waals surface area contributed by atoms with Gasteiger partial charge in [0.1, 0.15) is 6.26 Å². The normalized spacial score (nSPS) is 9.64. The van der Waals surface area contributed by atoms with Gasteiger partial charge in [-0.25, -0.2) is 0 Å². The van der Waals surface area contributed by atoms with Crippen molar-refractivity contribution in [2.45, 2.75) is 6.42 Å². The summed E-state index contributed by atoms with van der Waals surface area (Å²) >= 11 is 0. The number of nitrogens with zero attached hydrogens (tertiary/aromatic N) is 2. The summed E-state index contributed by atoms with van der Waals surface area (Å²) in [6, 6.07) is 1.68. The van der Waals surface area contributed by atoms with Crippen LogP contribution in [0.2, 0.25) is 0 Å². The largest absolute Gasteiger partial charge is 0.364 e. The fourth-order valence-corrected chi connectivity index (χ4v) is 0.642. The van der Waals surface area contributed by atoms with Crippen LogP contribution in [0.4, 0.5) is 0 Å². The van der Waals surface area contributed by atoms with E-state index < -0.39 is 0 Å². The first-order valence-corrected chi connectivity index (χ1v) is 3.29. The molecule has 0 fully saturated rings. The van der Waals surface area contributed by atoms with Gasteiger partial charge in [0.2, 0.25) is 5.91 Å². The number of likely N-dealkylation sites (N-methyl/N-ethyl adjacent to an activating group) is 1. The third kappa shape index (κ3) is 2.07. The Hall–Kier alpha value is -1.32. The summed E-state index contributed by atoms with van der Waals surface area (Å²) in [5.41, 5.74) is 0.670. The number of aromatic nitrogens is 1. The lowest BCUT2D eigenvalue weighted by Crippen LogP contribution is -2.23. The van der Waals surface area contributed by atoms with Gasteiger partial charge in [-0.3, -0.25) is 4.79 Å². The molecule has 1 aromatic rings. The average molecular weight is 154 g/mol. The molecule has 1 amide bonds. The third-order valence-electron chi connectivity index (χ3n) is 1.32. The van der Waals surface area contributed by atoms with Crippen LogP contribution in [0.25, 0.3) is 0 Å². The van der Waals surface area contributed by atoms with E-state index in [1.807, 2.05) is 0 Å². The van der Waals surface area contributed by atoms with E-state index in [0.717, 1.165) is 0 Å². The highest BCUT2D eigenvalue weighted by molar-refractivity contribution is 5.77. The number of carbonyl (C=O) groups is 1. The topological polar surface area (TPSA) is 46.3 Å². The maximum atomic E-state index is 11.1. The lowest BCUT2D eigenvalue weighted by Gasteiger charge is -2.07. The Kier molecular flexibility index (Phi) is 2.25. The first-order valence-electron chi connectivity index (χ1n) is 3.29. The Labute approximate surface area is 64.8 Å². The van der Waals surface area contributed by atoms with Gasteiger partial charge in [-0.15, -0.1) is 0 Å². The number of hydrogen-bond donors (Lipinski definition) is 0. The molecule has 1 heterocycles. The van der Waals surface area contributed by atoms with Crippen LogP contribution in [0, 0.1) is 0 Å². The molecule has 0 aromatic carbocycles. The van der Waals surface area contributed by atoms with Crippen molar-refractivity contribution < 1.29 is 9.32 Å². The van der Waals surface area contributed by atoms with Gasteiger partial charge in [0, 0.05) is 20.2 Å². The molecule has 0 bridgehead atoms. The molecular formula is C7H10N2O2. The molecule has 1 aromatic heterocycles. The number of hydrogen-bond acceptors (Lipinski definition) is 3. The lowest BCUT2D eigenvalue weighted by molar-refractivity contribution is -0.128. The molecule has 0 atom stereocenters. The van der Waals surface area contributed by atoms with Crippen LogP contribution in [0.1, 0.15) is 5.69 Å². The zero-order valence-electron chi connectivity index (χ0n) is 6.57. The van der Waals surface area contributed by atoms with Crippen molar-refractivity contribution in [1.29, 1.82) is 0 Å². The van der Waals surface area contributed by atoms with E-state index in [-0.39, 0.29) is 5.91 Å². The molecule has 0 radical (unpaired) electrons. The Bertz CT molecular complexity index is 229. The van der Waals surface area contributed by atoms with Crippen LogP contribution in [0.3, 0.4) is 0 Å². The minimum atomic E-state index is 0.0268. The predicted molar refractivity (Wildman–Crippen MR) is 38.9 cm³/mol. The van der Waals surface area contributed by atoms with Gasteiger partial charge in [0.05, 0.1) is 12.1 Å². The summed E-state index contributed by atoms with van der Waals surface area (Å²) in [5.74, 6) is 0.0268. The monoisotopic (exact) mass is 154 g/mol. The maximum absolute atomic E-state index is 11.1. The van der Waals surface area contributed by atoms with Crippen molar-refractivity contribution in [2.75, 3.05) is 14.1 Å². The van der Waals surface area contributed by atoms with Crippen LogP contribution in [-0.2, 0) is 11.2 Å². The van der Waals surface area contributed by atoms with Gasteiger partial charge < -0.3 is 9.42 Å². The van der Waals surface area contributed by atoms with Crippen LogP contribution in [-0.4, -0.2) is 30.1 Å². The van der Waals surface area contributed by atoms with Crippen LogP contribution in [0.15, 0.2) is 16.9 Å². The fraction of sp³-hybridized carbons (Fsp3) is 0.429. The van der Waals surface area contributed by atoms with Crippen LogP contribution >= 0.6 is 0 Å². The first-order chi connectivity index (χ1) is 5.20. The van der Waals surface area contributed by atoms with Crippen molar-refractivity contribution in [3.8, 4) is 0 Å². The Morgan fingerprint density at radius 3 is 2.91 bits per heavy atom. The second-order valence-electron chi connectivity index (χ2n) is 2.46. The molecule has 0 saturated heterocycles. The molecule has 0 unspecified atom stereocenters. The summed E-state index contributed by atoms with van der Waals surface area (Å²) < 4.78 is 4.57. The highest BCUT2D eigenvalue weighted by atomic mass is 16.5. The molecule has 0 aliphatic heterocycles. The summed E-state index contributed by atoms with van der Waals surface area (Å²) in [7, 11) is 3.42. The van der Waals surface area contributed by atoms with Gasteiger partial charge in [0.15, 0.2) is 0 Å². The number of carbonyl (C=O) groups excluding carboxylic acids is 1. The van der Waals surface area contributed by atoms with Crippen molar-refractivity contribution in [1.82, 2.24) is 10.1 Å². The Balaban J connectivity index is 2.50. The lowest BCUT2D eigenvalue weighted by atomic mass is 10.3. The first kappa shape index (κ1) is 7.78. The maximum Gasteiger partial charge on any atom is 0.228 e. The van der Waals surface area contributed by atoms with Crippen molar-refractivity contribution in [3.63, 3.8) is 0 Å². The van der Waals surface area contributed by atoms with E-state index >= 15 is 0 Å². The average Bonchev–Trinajstić information content (AvgIpc) is 2.39. The minimum Gasteiger partial charge on any atom is -0.364 e. The molecular weight excluding hydrogens is 144 g/mol. The molecule has 0 saturated carbocycles. The minimum absolute atomic E-state index is 0.0268. The smallest absolute Gasteiger partial charge is 0.228 e. The molecule has 11 heavy (non-hydrogen) atoms. The standard InChI is InChI=1S/C7H10N2O2/c1-9(2)7(10)5-6-3-4-11-8-6/h3-4H,5H2,1-2H3. The summed E-state index contributed by atoms with van der Waals surface area (Å²) in [5, 5.41) is 3.62. The summed E-state index contributed by atoms with van der Waals surface area (Å²) in [4.78, 5) is 12.6. The highest BCUT2D eigenvalue weighted by Gasteiger charge is 2.06. The van der Waals surface area contributed by atoms with E-state index in [1.165, 1.54) is 11.2 Å². The molecule has 4 heteroatoms. The molecule has 0 aliphatic rings. The Morgan fingerprint density at radius 1 is 1.73 bits per heavy atom. The molecule has 0 N–H and O–H groups in total. The summed E-state index contributed by atoms with van der Waals surface area (Å²) in [6.07, 6.45) is 1.77. The van der Waals surface area contributed by atoms with E-state index in [9.17, 15) is 4.79 Å². The van der Waals surface area contributed by atoms with Crippen LogP contribution in [0.5, 0.6) is 0 Å². The summed E-state index contributed by atoms with van der Waals surface area (Å²) in [6.45, 7) is 0. The van der Waals surface area contributed by atoms with Gasteiger partial charge >= 0.3 is 0 Å². The number of rotatable bonds is 2. The van der Waals surface area contributed by atoms with Crippen molar-refractivity contribution in [3.05, 3.63) is 18.0 Å². The SMILES string of the molecule is CN(C)C(=O)Cc1ccon1. The van der Waals surface area contributed by atoms with Crippen molar-refractivity contribution >= 4 is 5.91 Å². The second kappa shape index (κ2) is 3.18. The molecule has 4 nitrogen and oxygen atoms in total. The van der Waals surface area contributed by atoms with Gasteiger partial charge in [-0.05, 0) is 0 Å². The third-order valence-corrected chi connectivity index (χ3v) is 1.32. The van der Waals surface area contributed by atoms with Gasteiger partial charge in [-0.2, -0.15) is 0 Å². The zero-order valence-corrected chi connectivity index (χ0v) is 6.57. The fourth-order valence-electron chi connectivity index (χ4n) is 0.642. The van der Waals surface area contributed by atoms with Crippen LogP contribution < -0.4 is 0 Å². The zero-order chi connectivity index (χ0) is 8.27. The number of amides is 1. The predicted octanol–water partition coefficient (Wildman–Crippen LogP) is 0.305. The molecule has 60 valence electrons. The second-order valence-corrected chi connectivity index (χ2v) is 2.46. The van der Waals surface area contributed by atoms with Gasteiger partial charge in [-0.1, -0.05) is 5.16 Å². The molecule has 0 aliphatic carbocycles. The highest BCUT2D eigenvalue weighted by Crippen LogP contribution is 1.96. The van der Waals surface area contributed by atoms with E-state index in [2.05, 4.69) is 9.68 Å². The van der Waals surface area contributed by atoms with E-state index in [1.54, 1.807) is 20.2 Å². The molecule has 1 rings (SSSR count). The quantitative estimate of drug-likeness (QED) is 0.615. The molecule has 0 spiro atoms. The van der Waals surface area contributed by atoms with E-state index in [4.69, 9.17) is 0 Å². The van der Waals surface area contributed by atoms with E-state index in [0.29, 0.717) is 12.1 Å². The Morgan fingerprint density at radius 2 is 2.45 bits per heavy atom. The van der Waals surface area contributed by atoms with Crippen molar-refractivity contribution in [2.24, 2.45) is 0 Å².